The summed E-state index contributed by atoms with van der Waals surface area (Å²) < 4.78 is 10.3. The van der Waals surface area contributed by atoms with Crippen LogP contribution in [0.1, 0.15) is 45.4 Å². The van der Waals surface area contributed by atoms with Gasteiger partial charge in [0.05, 0.1) is 6.07 Å². The van der Waals surface area contributed by atoms with E-state index in [0.29, 0.717) is 12.5 Å². The van der Waals surface area contributed by atoms with Gasteiger partial charge in [0, 0.05) is 26.7 Å². The Kier molecular flexibility index (Phi) is 5.90. The first-order valence-corrected chi connectivity index (χ1v) is 6.38. The maximum absolute atomic E-state index is 9.33. The molecule has 0 radical (unpaired) electrons. The Hall–Kier alpha value is -0.630. The molecule has 0 aromatic carbocycles. The molecule has 1 aliphatic carbocycles. The van der Waals surface area contributed by atoms with Crippen LogP contribution in [0.4, 0.5) is 0 Å². The van der Waals surface area contributed by atoms with Crippen molar-refractivity contribution in [1.82, 2.24) is 5.32 Å². The highest BCUT2D eigenvalue weighted by atomic mass is 16.7. The highest BCUT2D eigenvalue weighted by molar-refractivity contribution is 5.05. The standard InChI is InChI=1S/C13H24N2O2/c1-13(10-14,9-12(16-2)17-3)15-11-7-5-4-6-8-11/h11-12,15H,4-9H2,1-3H3. The number of ether oxygens (including phenoxy) is 2. The fraction of sp³-hybridized carbons (Fsp3) is 0.923. The number of rotatable bonds is 6. The van der Waals surface area contributed by atoms with E-state index >= 15 is 0 Å². The van der Waals surface area contributed by atoms with E-state index in [1.165, 1.54) is 32.1 Å². The summed E-state index contributed by atoms with van der Waals surface area (Å²) in [7, 11) is 3.21. The van der Waals surface area contributed by atoms with Crippen molar-refractivity contribution in [2.45, 2.75) is 63.3 Å². The van der Waals surface area contributed by atoms with Crippen molar-refractivity contribution in [3.63, 3.8) is 0 Å². The molecule has 0 bridgehead atoms. The molecule has 0 spiro atoms. The molecule has 4 heteroatoms. The highest BCUT2D eigenvalue weighted by Crippen LogP contribution is 2.22. The molecule has 0 aliphatic heterocycles. The van der Waals surface area contributed by atoms with Crippen LogP contribution in [0.5, 0.6) is 0 Å². The molecule has 1 rings (SSSR count). The van der Waals surface area contributed by atoms with Crippen molar-refractivity contribution in [2.75, 3.05) is 14.2 Å². The lowest BCUT2D eigenvalue weighted by Crippen LogP contribution is -2.50. The number of nitriles is 1. The van der Waals surface area contributed by atoms with Gasteiger partial charge in [0.1, 0.15) is 5.54 Å². The maximum Gasteiger partial charge on any atom is 0.159 e. The minimum absolute atomic E-state index is 0.323. The normalized spacial score (nSPS) is 21.1. The second kappa shape index (κ2) is 6.95. The molecule has 1 N–H and O–H groups in total. The molecule has 98 valence electrons. The Balaban J connectivity index is 2.51. The number of methoxy groups -OCH3 is 2. The summed E-state index contributed by atoms with van der Waals surface area (Å²) in [6.45, 7) is 1.92. The quantitative estimate of drug-likeness (QED) is 0.723. The Morgan fingerprint density at radius 3 is 2.35 bits per heavy atom. The molecule has 4 nitrogen and oxygen atoms in total. The van der Waals surface area contributed by atoms with E-state index in [0.717, 1.165) is 0 Å². The van der Waals surface area contributed by atoms with Gasteiger partial charge in [0.2, 0.25) is 0 Å². The fourth-order valence-electron chi connectivity index (χ4n) is 2.43. The van der Waals surface area contributed by atoms with E-state index in [2.05, 4.69) is 11.4 Å². The van der Waals surface area contributed by atoms with Gasteiger partial charge in [0.15, 0.2) is 6.29 Å². The van der Waals surface area contributed by atoms with Crippen LogP contribution >= 0.6 is 0 Å². The summed E-state index contributed by atoms with van der Waals surface area (Å²) >= 11 is 0. The number of hydrogen-bond acceptors (Lipinski definition) is 4. The fourth-order valence-corrected chi connectivity index (χ4v) is 2.43. The number of nitrogens with zero attached hydrogens (tertiary/aromatic N) is 1. The molecule has 1 aliphatic rings. The third-order valence-electron chi connectivity index (χ3n) is 3.48. The molecule has 0 amide bonds. The first kappa shape index (κ1) is 14.4. The average molecular weight is 240 g/mol. The first-order valence-electron chi connectivity index (χ1n) is 6.38. The molecule has 1 unspecified atom stereocenters. The lowest BCUT2D eigenvalue weighted by Gasteiger charge is -2.33. The Morgan fingerprint density at radius 2 is 1.88 bits per heavy atom. The van der Waals surface area contributed by atoms with Crippen molar-refractivity contribution in [3.8, 4) is 6.07 Å². The molecule has 0 aromatic heterocycles. The summed E-state index contributed by atoms with van der Waals surface area (Å²) in [5.41, 5.74) is -0.571. The Morgan fingerprint density at radius 1 is 1.29 bits per heavy atom. The number of hydrogen-bond donors (Lipinski definition) is 1. The minimum Gasteiger partial charge on any atom is -0.356 e. The van der Waals surface area contributed by atoms with Gasteiger partial charge in [-0.2, -0.15) is 5.26 Å². The monoisotopic (exact) mass is 240 g/mol. The van der Waals surface area contributed by atoms with E-state index in [4.69, 9.17) is 9.47 Å². The van der Waals surface area contributed by atoms with Crippen LogP contribution in [-0.4, -0.2) is 32.1 Å². The lowest BCUT2D eigenvalue weighted by atomic mass is 9.91. The van der Waals surface area contributed by atoms with Crippen molar-refractivity contribution in [3.05, 3.63) is 0 Å². The van der Waals surface area contributed by atoms with Gasteiger partial charge >= 0.3 is 0 Å². The Bertz CT molecular complexity index is 255. The molecule has 17 heavy (non-hydrogen) atoms. The predicted molar refractivity (Wildman–Crippen MR) is 66.4 cm³/mol. The lowest BCUT2D eigenvalue weighted by molar-refractivity contribution is -0.114. The second-order valence-electron chi connectivity index (χ2n) is 5.03. The van der Waals surface area contributed by atoms with Gasteiger partial charge in [-0.3, -0.25) is 5.32 Å². The predicted octanol–water partition coefficient (Wildman–Crippen LogP) is 2.20. The zero-order valence-corrected chi connectivity index (χ0v) is 11.2. The Labute approximate surface area is 104 Å². The molecule has 0 aromatic rings. The maximum atomic E-state index is 9.33. The van der Waals surface area contributed by atoms with Gasteiger partial charge in [-0.05, 0) is 19.8 Å². The summed E-state index contributed by atoms with van der Waals surface area (Å²) in [5.74, 6) is 0. The van der Waals surface area contributed by atoms with Crippen LogP contribution in [0.15, 0.2) is 0 Å². The smallest absolute Gasteiger partial charge is 0.159 e. The van der Waals surface area contributed by atoms with Gasteiger partial charge in [0.25, 0.3) is 0 Å². The molecular formula is C13H24N2O2. The van der Waals surface area contributed by atoms with Crippen LogP contribution in [0.25, 0.3) is 0 Å². The van der Waals surface area contributed by atoms with Crippen molar-refractivity contribution in [1.29, 1.82) is 5.26 Å². The molecular weight excluding hydrogens is 216 g/mol. The average Bonchev–Trinajstić information content (AvgIpc) is 2.37. The third kappa shape index (κ3) is 4.63. The van der Waals surface area contributed by atoms with E-state index in [9.17, 15) is 5.26 Å². The summed E-state index contributed by atoms with van der Waals surface area (Å²) in [6.07, 6.45) is 6.40. The van der Waals surface area contributed by atoms with Gasteiger partial charge in [-0.1, -0.05) is 19.3 Å². The second-order valence-corrected chi connectivity index (χ2v) is 5.03. The molecule has 1 atom stereocenters. The summed E-state index contributed by atoms with van der Waals surface area (Å²) in [5, 5.41) is 12.8. The van der Waals surface area contributed by atoms with Crippen LogP contribution < -0.4 is 5.32 Å². The third-order valence-corrected chi connectivity index (χ3v) is 3.48. The largest absolute Gasteiger partial charge is 0.356 e. The van der Waals surface area contributed by atoms with E-state index in [-0.39, 0.29) is 6.29 Å². The van der Waals surface area contributed by atoms with Gasteiger partial charge < -0.3 is 9.47 Å². The topological polar surface area (TPSA) is 54.3 Å². The van der Waals surface area contributed by atoms with Crippen LogP contribution in [0, 0.1) is 11.3 Å². The van der Waals surface area contributed by atoms with Gasteiger partial charge in [-0.15, -0.1) is 0 Å². The zero-order chi connectivity index (χ0) is 12.7. The molecule has 0 saturated heterocycles. The summed E-state index contributed by atoms with van der Waals surface area (Å²) in [6, 6.07) is 2.81. The van der Waals surface area contributed by atoms with E-state index in [1.54, 1.807) is 14.2 Å². The summed E-state index contributed by atoms with van der Waals surface area (Å²) in [4.78, 5) is 0. The van der Waals surface area contributed by atoms with E-state index < -0.39 is 5.54 Å². The van der Waals surface area contributed by atoms with Crippen molar-refractivity contribution in [2.24, 2.45) is 0 Å². The van der Waals surface area contributed by atoms with Crippen molar-refractivity contribution < 1.29 is 9.47 Å². The minimum atomic E-state index is -0.571. The molecule has 1 fully saturated rings. The van der Waals surface area contributed by atoms with Crippen LogP contribution in [0.3, 0.4) is 0 Å². The highest BCUT2D eigenvalue weighted by Gasteiger charge is 2.31. The van der Waals surface area contributed by atoms with E-state index in [1.807, 2.05) is 6.92 Å². The molecule has 0 heterocycles. The number of nitrogens with one attached hydrogen (secondary N) is 1. The van der Waals surface area contributed by atoms with Crippen LogP contribution in [0.2, 0.25) is 0 Å². The molecule has 1 saturated carbocycles. The van der Waals surface area contributed by atoms with Crippen molar-refractivity contribution >= 4 is 0 Å². The first-order chi connectivity index (χ1) is 8.13. The van der Waals surface area contributed by atoms with Crippen LogP contribution in [-0.2, 0) is 9.47 Å². The van der Waals surface area contributed by atoms with Gasteiger partial charge in [-0.25, -0.2) is 0 Å². The zero-order valence-electron chi connectivity index (χ0n) is 11.2. The SMILES string of the molecule is COC(CC(C)(C#N)NC1CCCCC1)OC.